The van der Waals surface area contributed by atoms with Gasteiger partial charge >= 0.3 is 18.3 Å². The van der Waals surface area contributed by atoms with Crippen molar-refractivity contribution < 1.29 is 79.5 Å². The molecule has 1 rings (SSSR count). The molecule has 1 aromatic rings. The molecule has 546 valence electrons. The predicted molar refractivity (Wildman–Crippen MR) is 369 cm³/mol. The lowest BCUT2D eigenvalue weighted by atomic mass is 10.2. The monoisotopic (exact) mass is 1360 g/mol. The largest absolute Gasteiger partial charge is 0.444 e. The number of azide groups is 2. The molecule has 0 aliphatic rings. The van der Waals surface area contributed by atoms with Gasteiger partial charge in [-0.1, -0.05) is 115 Å². The normalized spacial score (nSPS) is 10.3. The van der Waals surface area contributed by atoms with E-state index in [0.29, 0.717) is 59.0 Å². The van der Waals surface area contributed by atoms with Gasteiger partial charge in [0.15, 0.2) is 0 Å². The minimum Gasteiger partial charge on any atom is -0.444 e. The van der Waals surface area contributed by atoms with Crippen LogP contribution in [0.15, 0.2) is 39.4 Å². The zero-order valence-corrected chi connectivity index (χ0v) is 61.4. The molecule has 0 heterocycles. The van der Waals surface area contributed by atoms with E-state index in [9.17, 15) is 27.6 Å². The van der Waals surface area contributed by atoms with Gasteiger partial charge < -0.3 is 74.2 Å². The molecule has 29 heteroatoms. The number of nitrogens with zero attached hydrogens (tertiary/aromatic N) is 6. The number of aldehydes is 1. The Morgan fingerprint density at radius 3 is 1.16 bits per heavy atom. The summed E-state index contributed by atoms with van der Waals surface area (Å²) in [5.74, 6) is 0. The standard InChI is InChI=1S/C16H25NO6S.C9H18N4O3.2C9H20O.C7H15NO3.C5H11N3O.C5H13NO.C3H6O.ClH/c1-13-5-7-14(8-6-13)24(19,20)22-12-11-21-10-9-17-15(18)23-16(2,3)4;1-9(2,3)16-8(14)11-4-6-15-7-5-12-13-10;2*1-3-5-6-7-9-10-8-4-2;1-7(2,3)11-6(10)8-4-5-9;1-2-4-9-5-3-7-8-6;1-2-4-7-5-3-6;1-2-3-4;/h5-8H,9-12H2,1-4H3,(H,17,18);4-7H2,1-3H3,(H,11,14);2*3-9H2,1-2H3;9H,4-5H2,1-3H3,(H,8,10);2-5H2,1H3;2-6H2,1H3;3H,2H2,1H3;1H. The summed E-state index contributed by atoms with van der Waals surface area (Å²) in [5, 5.41) is 22.4. The van der Waals surface area contributed by atoms with Crippen molar-refractivity contribution in [3.05, 3.63) is 50.7 Å². The first-order valence-electron chi connectivity index (χ1n) is 32.2. The Bertz CT molecular complexity index is 1920. The number of unbranched alkanes of at least 4 members (excludes halogenated alkanes) is 6. The van der Waals surface area contributed by atoms with Crippen LogP contribution in [0.4, 0.5) is 14.4 Å². The molecule has 6 N–H and O–H groups in total. The molecule has 0 fully saturated rings. The van der Waals surface area contributed by atoms with Gasteiger partial charge in [0, 0.05) is 95.2 Å². The van der Waals surface area contributed by atoms with E-state index in [0.717, 1.165) is 77.2 Å². The molecule has 0 spiro atoms. The van der Waals surface area contributed by atoms with Crippen molar-refractivity contribution in [3.8, 4) is 0 Å². The summed E-state index contributed by atoms with van der Waals surface area (Å²) >= 11 is 0. The van der Waals surface area contributed by atoms with E-state index in [1.807, 2.05) is 20.8 Å². The first-order valence-corrected chi connectivity index (χ1v) is 33.6. The van der Waals surface area contributed by atoms with Crippen molar-refractivity contribution in [2.75, 3.05) is 132 Å². The van der Waals surface area contributed by atoms with Crippen LogP contribution in [0.3, 0.4) is 0 Å². The first-order chi connectivity index (χ1) is 43.1. The fourth-order valence-corrected chi connectivity index (χ4v) is 6.25. The highest BCUT2D eigenvalue weighted by Gasteiger charge is 2.18. The molecule has 0 aliphatic carbocycles. The number of amides is 3. The van der Waals surface area contributed by atoms with Crippen LogP contribution in [0, 0.1) is 6.92 Å². The smallest absolute Gasteiger partial charge is 0.407 e. The van der Waals surface area contributed by atoms with Crippen molar-refractivity contribution in [1.29, 1.82) is 0 Å². The van der Waals surface area contributed by atoms with E-state index in [4.69, 9.17) is 68.7 Å². The molecule has 0 radical (unpaired) electrons. The maximum atomic E-state index is 11.9. The van der Waals surface area contributed by atoms with Crippen molar-refractivity contribution in [3.63, 3.8) is 0 Å². The number of aliphatic hydroxyl groups is 1. The topological polar surface area (TPSA) is 375 Å². The third-order valence-corrected chi connectivity index (χ3v) is 10.6. The highest BCUT2D eigenvalue weighted by molar-refractivity contribution is 7.86. The van der Waals surface area contributed by atoms with Crippen LogP contribution in [0.1, 0.15) is 200 Å². The zero-order valence-electron chi connectivity index (χ0n) is 59.8. The SMILES string of the molecule is CC(C)(C)OC(=O)NCCO.CC(C)(C)OC(=O)NCCOCCN=[N+]=[N-].CCC=O.CCCCCCOCCC.CCCCCCOCCC.CCCOCCN.CCCOCCN=[N+]=[N-].Cc1ccc(S(=O)(=O)OCCOCCNC(=O)OC(C)(C)C)cc1.Cl. The van der Waals surface area contributed by atoms with Crippen LogP contribution in [0.5, 0.6) is 0 Å². The quantitative estimate of drug-likeness (QED) is 0.00775. The molecule has 0 atom stereocenters. The summed E-state index contributed by atoms with van der Waals surface area (Å²) in [6, 6.07) is 6.40. The number of nitrogens with two attached hydrogens (primary N) is 1. The van der Waals surface area contributed by atoms with E-state index < -0.39 is 45.2 Å². The zero-order chi connectivity index (χ0) is 70.8. The number of rotatable bonds is 40. The number of hydrogen-bond donors (Lipinski definition) is 5. The lowest BCUT2D eigenvalue weighted by Crippen LogP contribution is -2.34. The fraction of sp³-hybridized carbons (Fsp3) is 0.841. The average molecular weight is 1370 g/mol. The molecule has 1 aromatic carbocycles. The first kappa shape index (κ1) is 103. The van der Waals surface area contributed by atoms with Crippen LogP contribution < -0.4 is 21.7 Å². The van der Waals surface area contributed by atoms with Crippen LogP contribution in [0.2, 0.25) is 0 Å². The number of aryl methyl sites for hydroxylation is 1. The van der Waals surface area contributed by atoms with Crippen LogP contribution in [0.25, 0.3) is 20.9 Å². The van der Waals surface area contributed by atoms with E-state index >= 15 is 0 Å². The van der Waals surface area contributed by atoms with Crippen LogP contribution >= 0.6 is 12.4 Å². The highest BCUT2D eigenvalue weighted by atomic mass is 35.5. The number of hydrogen-bond acceptors (Lipinski definition) is 20. The van der Waals surface area contributed by atoms with E-state index in [1.54, 1.807) is 74.4 Å². The molecule has 92 heavy (non-hydrogen) atoms. The third-order valence-electron chi connectivity index (χ3n) is 9.29. The van der Waals surface area contributed by atoms with Crippen LogP contribution in [-0.2, 0) is 61.7 Å². The Morgan fingerprint density at radius 2 is 0.848 bits per heavy atom. The number of carbonyl (C=O) groups is 4. The Balaban J connectivity index is -0.000000153. The van der Waals surface area contributed by atoms with Gasteiger partial charge in [-0.25, -0.2) is 14.4 Å². The van der Waals surface area contributed by atoms with Crippen LogP contribution in [-0.4, -0.2) is 187 Å². The fourth-order valence-electron chi connectivity index (χ4n) is 5.36. The Labute approximate surface area is 561 Å². The van der Waals surface area contributed by atoms with Gasteiger partial charge in [0.25, 0.3) is 10.1 Å². The second-order valence-electron chi connectivity index (χ2n) is 22.2. The molecular formula is C63H129ClN10O17S. The predicted octanol–water partition coefficient (Wildman–Crippen LogP) is 13.7. The lowest BCUT2D eigenvalue weighted by molar-refractivity contribution is -0.107. The van der Waals surface area contributed by atoms with Gasteiger partial charge in [-0.15, -0.1) is 12.4 Å². The number of benzene rings is 1. The molecule has 3 amide bonds. The summed E-state index contributed by atoms with van der Waals surface area (Å²) in [6.07, 6.45) is 14.9. The molecule has 0 aromatic heterocycles. The molecule has 0 saturated carbocycles. The number of halogens is 1. The van der Waals surface area contributed by atoms with E-state index in [1.165, 1.54) is 63.5 Å². The second kappa shape index (κ2) is 78.6. The maximum Gasteiger partial charge on any atom is 0.407 e. The molecular weight excluding hydrogens is 1240 g/mol. The number of ether oxygens (including phenoxy) is 9. The van der Waals surface area contributed by atoms with Crippen molar-refractivity contribution in [1.82, 2.24) is 16.0 Å². The van der Waals surface area contributed by atoms with Gasteiger partial charge in [0.05, 0.1) is 57.8 Å². The van der Waals surface area contributed by atoms with Gasteiger partial charge in [0.1, 0.15) is 23.1 Å². The third kappa shape index (κ3) is 107. The van der Waals surface area contributed by atoms with Crippen molar-refractivity contribution in [2.24, 2.45) is 16.0 Å². The second-order valence-corrected chi connectivity index (χ2v) is 23.8. The molecule has 0 saturated heterocycles. The summed E-state index contributed by atoms with van der Waals surface area (Å²) < 4.78 is 74.6. The number of carbonyl (C=O) groups excluding carboxylic acids is 4. The van der Waals surface area contributed by atoms with Gasteiger partial charge in [0.2, 0.25) is 0 Å². The summed E-state index contributed by atoms with van der Waals surface area (Å²) in [7, 11) is -3.77. The van der Waals surface area contributed by atoms with Gasteiger partial charge in [-0.05, 0) is 131 Å². The average Bonchev–Trinajstić information content (AvgIpc) is 0.971. The Hall–Kier alpha value is -4.80. The molecule has 0 bridgehead atoms. The van der Waals surface area contributed by atoms with Gasteiger partial charge in [-0.2, -0.15) is 8.42 Å². The summed E-state index contributed by atoms with van der Waals surface area (Å²) in [4.78, 5) is 47.7. The minimum atomic E-state index is -3.77. The maximum absolute atomic E-state index is 11.9. The Morgan fingerprint density at radius 1 is 0.511 bits per heavy atom. The molecule has 27 nitrogen and oxygen atoms in total. The van der Waals surface area contributed by atoms with E-state index in [-0.39, 0.29) is 56.8 Å². The molecule has 0 unspecified atom stereocenters. The number of aliphatic hydroxyl groups excluding tert-OH is 1. The van der Waals surface area contributed by atoms with E-state index in [2.05, 4.69) is 70.6 Å². The lowest BCUT2D eigenvalue weighted by Gasteiger charge is -2.19. The molecule has 0 aliphatic heterocycles. The highest BCUT2D eigenvalue weighted by Crippen LogP contribution is 2.13. The summed E-state index contributed by atoms with van der Waals surface area (Å²) in [6.45, 7) is 42.3. The summed E-state index contributed by atoms with van der Waals surface area (Å²) in [5.41, 5.74) is 20.4. The van der Waals surface area contributed by atoms with Gasteiger partial charge in [-0.3, -0.25) is 4.18 Å². The Kier molecular flexibility index (Phi) is 88.3. The van der Waals surface area contributed by atoms with Crippen molar-refractivity contribution in [2.45, 2.75) is 223 Å². The number of nitrogens with one attached hydrogen (secondary N) is 3. The minimum absolute atomic E-state index is 0. The number of alkyl carbamates (subject to hydrolysis) is 3. The van der Waals surface area contributed by atoms with Crippen molar-refractivity contribution >= 4 is 47.1 Å².